The van der Waals surface area contributed by atoms with Gasteiger partial charge < -0.3 is 5.01 Å². The Kier molecular flexibility index (Phi) is 4.80. The highest BCUT2D eigenvalue weighted by Crippen LogP contribution is 2.23. The van der Waals surface area contributed by atoms with Gasteiger partial charge in [-0.1, -0.05) is 6.92 Å². The lowest BCUT2D eigenvalue weighted by atomic mass is 10.3. The Balaban J connectivity index is 5.00. The zero-order chi connectivity index (χ0) is 12.3. The van der Waals surface area contributed by atoms with Crippen LogP contribution in [-0.4, -0.2) is 30.5 Å². The summed E-state index contributed by atoms with van der Waals surface area (Å²) in [7, 11) is -1.49. The molecule has 0 aliphatic heterocycles. The van der Waals surface area contributed by atoms with Gasteiger partial charge in [-0.25, -0.2) is 14.3 Å². The van der Waals surface area contributed by atoms with Crippen LogP contribution in [0.25, 0.3) is 0 Å². The molecule has 2 N–H and O–H groups in total. The fourth-order valence-electron chi connectivity index (χ4n) is 1.14. The van der Waals surface area contributed by atoms with Gasteiger partial charge >= 0.3 is 0 Å². The number of sulfone groups is 1. The van der Waals surface area contributed by atoms with Crippen LogP contribution in [0.2, 0.25) is 0 Å². The van der Waals surface area contributed by atoms with E-state index in [1.54, 1.807) is 40.1 Å². The lowest BCUT2D eigenvalue weighted by molar-refractivity contribution is 0.481. The quantitative estimate of drug-likeness (QED) is 0.588. The first kappa shape index (κ1) is 14.5. The Morgan fingerprint density at radius 3 is 2.13 bits per heavy atom. The van der Waals surface area contributed by atoms with Gasteiger partial charge in [0.25, 0.3) is 0 Å². The van der Waals surface area contributed by atoms with Gasteiger partial charge in [-0.05, 0) is 33.3 Å². The highest BCUT2D eigenvalue weighted by molar-refractivity contribution is 7.93. The summed E-state index contributed by atoms with van der Waals surface area (Å²) in [5.41, 5.74) is 0. The second-order valence-electron chi connectivity index (χ2n) is 4.61. The van der Waals surface area contributed by atoms with Crippen molar-refractivity contribution in [2.45, 2.75) is 44.1 Å². The minimum absolute atomic E-state index is 0.469. The average Bonchev–Trinajstić information content (AvgIpc) is 2.02. The van der Waals surface area contributed by atoms with Crippen LogP contribution in [0.5, 0.6) is 0 Å². The number of hydrogen-bond donors (Lipinski definition) is 1. The van der Waals surface area contributed by atoms with Gasteiger partial charge in [0.05, 0.1) is 10.00 Å². The normalized spacial score (nSPS) is 15.6. The van der Waals surface area contributed by atoms with Gasteiger partial charge in [0, 0.05) is 13.2 Å². The van der Waals surface area contributed by atoms with Gasteiger partial charge in [0.1, 0.15) is 0 Å². The number of rotatable bonds is 4. The Bertz CT molecular complexity index is 313. The van der Waals surface area contributed by atoms with E-state index >= 15 is 0 Å². The molecule has 1 unspecified atom stereocenters. The first-order valence-corrected chi connectivity index (χ1v) is 6.57. The first-order valence-electron chi connectivity index (χ1n) is 5.02. The summed E-state index contributed by atoms with van der Waals surface area (Å²) in [6, 6.07) is 0. The predicted molar refractivity (Wildman–Crippen MR) is 63.8 cm³/mol. The molecule has 0 spiro atoms. The second-order valence-corrected chi connectivity index (χ2v) is 7.53. The minimum atomic E-state index is -3.15. The summed E-state index contributed by atoms with van der Waals surface area (Å²) in [4.78, 5) is 0. The van der Waals surface area contributed by atoms with Gasteiger partial charge in [-0.2, -0.15) is 0 Å². The number of hydrogen-bond acceptors (Lipinski definition) is 4. The second kappa shape index (κ2) is 4.99. The fourth-order valence-corrected chi connectivity index (χ4v) is 2.77. The molecule has 0 aromatic carbocycles. The molecule has 0 saturated heterocycles. The fraction of sp³-hybridized carbons (Fsp3) is 0.800. The van der Waals surface area contributed by atoms with E-state index in [-0.39, 0.29) is 0 Å². The largest absolute Gasteiger partial charge is 0.322 e. The standard InChI is InChI=1S/C10H22N2O2S/c1-6-9(7-8-12(5)11)15(13,14)10(2,3)4/h7-9H,6,11H2,1-5H3/b8-7-. The van der Waals surface area contributed by atoms with Gasteiger partial charge in [0.15, 0.2) is 9.84 Å². The number of nitrogens with two attached hydrogens (primary N) is 1. The molecule has 90 valence electrons. The van der Waals surface area contributed by atoms with E-state index in [4.69, 9.17) is 5.84 Å². The summed E-state index contributed by atoms with van der Waals surface area (Å²) >= 11 is 0. The van der Waals surface area contributed by atoms with Crippen LogP contribution >= 0.6 is 0 Å². The summed E-state index contributed by atoms with van der Waals surface area (Å²) in [5.74, 6) is 5.40. The van der Waals surface area contributed by atoms with Crippen LogP contribution in [0, 0.1) is 0 Å². The minimum Gasteiger partial charge on any atom is -0.322 e. The molecular formula is C10H22N2O2S. The summed E-state index contributed by atoms with van der Waals surface area (Å²) in [6.45, 7) is 7.00. The molecule has 0 fully saturated rings. The lowest BCUT2D eigenvalue weighted by Crippen LogP contribution is -2.36. The number of hydrazine groups is 1. The first-order chi connectivity index (χ1) is 6.63. The molecule has 0 heterocycles. The number of nitrogens with zero attached hydrogens (tertiary/aromatic N) is 1. The molecule has 0 aromatic heterocycles. The van der Waals surface area contributed by atoms with Crippen molar-refractivity contribution in [2.24, 2.45) is 5.84 Å². The maximum absolute atomic E-state index is 12.1. The van der Waals surface area contributed by atoms with Crippen molar-refractivity contribution in [1.82, 2.24) is 5.01 Å². The molecule has 4 nitrogen and oxygen atoms in total. The SMILES string of the molecule is CCC(/C=C\N(C)N)S(=O)(=O)C(C)(C)C. The molecule has 0 aromatic rings. The van der Waals surface area contributed by atoms with E-state index in [0.29, 0.717) is 6.42 Å². The van der Waals surface area contributed by atoms with Crippen LogP contribution in [0.1, 0.15) is 34.1 Å². The summed E-state index contributed by atoms with van der Waals surface area (Å²) in [5, 5.41) is 0.879. The van der Waals surface area contributed by atoms with Crippen molar-refractivity contribution in [2.75, 3.05) is 7.05 Å². The molecule has 1 atom stereocenters. The van der Waals surface area contributed by atoms with E-state index < -0.39 is 19.8 Å². The van der Waals surface area contributed by atoms with Crippen LogP contribution < -0.4 is 5.84 Å². The molecule has 0 rings (SSSR count). The molecule has 15 heavy (non-hydrogen) atoms. The zero-order valence-electron chi connectivity index (χ0n) is 10.2. The van der Waals surface area contributed by atoms with Gasteiger partial charge in [-0.3, -0.25) is 0 Å². The monoisotopic (exact) mass is 234 g/mol. The Labute approximate surface area is 93.0 Å². The Morgan fingerprint density at radius 1 is 1.40 bits per heavy atom. The van der Waals surface area contributed by atoms with Crippen LogP contribution in [0.15, 0.2) is 12.3 Å². The predicted octanol–water partition coefficient (Wildman–Crippen LogP) is 1.30. The van der Waals surface area contributed by atoms with Crippen LogP contribution in [0.4, 0.5) is 0 Å². The Morgan fingerprint density at radius 2 is 1.87 bits per heavy atom. The molecule has 0 aliphatic rings. The Hall–Kier alpha value is -0.550. The van der Waals surface area contributed by atoms with Crippen molar-refractivity contribution in [3.05, 3.63) is 12.3 Å². The van der Waals surface area contributed by atoms with Crippen molar-refractivity contribution in [1.29, 1.82) is 0 Å². The van der Waals surface area contributed by atoms with E-state index in [1.165, 1.54) is 5.01 Å². The van der Waals surface area contributed by atoms with Crippen LogP contribution in [0.3, 0.4) is 0 Å². The van der Waals surface area contributed by atoms with E-state index in [0.717, 1.165) is 0 Å². The lowest BCUT2D eigenvalue weighted by Gasteiger charge is -2.24. The van der Waals surface area contributed by atoms with E-state index in [1.807, 2.05) is 6.92 Å². The molecule has 0 radical (unpaired) electrons. The van der Waals surface area contributed by atoms with Crippen molar-refractivity contribution >= 4 is 9.84 Å². The third-order valence-corrected chi connectivity index (χ3v) is 5.19. The summed E-state index contributed by atoms with van der Waals surface area (Å²) in [6.07, 6.45) is 3.78. The molecule has 5 heteroatoms. The van der Waals surface area contributed by atoms with Gasteiger partial charge in [0.2, 0.25) is 0 Å². The molecule has 0 amide bonds. The average molecular weight is 234 g/mol. The highest BCUT2D eigenvalue weighted by Gasteiger charge is 2.34. The van der Waals surface area contributed by atoms with Crippen molar-refractivity contribution in [3.63, 3.8) is 0 Å². The zero-order valence-corrected chi connectivity index (χ0v) is 11.0. The third kappa shape index (κ3) is 3.83. The highest BCUT2D eigenvalue weighted by atomic mass is 32.2. The molecule has 0 saturated carbocycles. The summed E-state index contributed by atoms with van der Waals surface area (Å²) < 4.78 is 23.4. The maximum atomic E-state index is 12.1. The van der Waals surface area contributed by atoms with Crippen molar-refractivity contribution in [3.8, 4) is 0 Å². The molecule has 0 bridgehead atoms. The van der Waals surface area contributed by atoms with Gasteiger partial charge in [-0.15, -0.1) is 0 Å². The smallest absolute Gasteiger partial charge is 0.161 e. The van der Waals surface area contributed by atoms with Crippen molar-refractivity contribution < 1.29 is 8.42 Å². The maximum Gasteiger partial charge on any atom is 0.161 e. The van der Waals surface area contributed by atoms with Crippen LogP contribution in [-0.2, 0) is 9.84 Å². The molecule has 0 aliphatic carbocycles. The molecular weight excluding hydrogens is 212 g/mol. The van der Waals surface area contributed by atoms with E-state index in [9.17, 15) is 8.42 Å². The topological polar surface area (TPSA) is 63.4 Å². The van der Waals surface area contributed by atoms with E-state index in [2.05, 4.69) is 0 Å². The third-order valence-electron chi connectivity index (χ3n) is 2.19.